The first kappa shape index (κ1) is 15.0. The summed E-state index contributed by atoms with van der Waals surface area (Å²) in [7, 11) is 0. The maximum absolute atomic E-state index is 10.6. The molecule has 0 fully saturated rings. The minimum absolute atomic E-state index is 0.422. The quantitative estimate of drug-likeness (QED) is 0.734. The van der Waals surface area contributed by atoms with E-state index in [1.54, 1.807) is 17.0 Å². The van der Waals surface area contributed by atoms with Gasteiger partial charge in [-0.15, -0.1) is 0 Å². The van der Waals surface area contributed by atoms with E-state index in [9.17, 15) is 4.79 Å². The second-order valence-corrected chi connectivity index (χ2v) is 5.52. The van der Waals surface area contributed by atoms with Crippen LogP contribution in [0, 0.1) is 0 Å². The molecule has 1 unspecified atom stereocenters. The van der Waals surface area contributed by atoms with Crippen molar-refractivity contribution >= 4 is 12.0 Å². The largest absolute Gasteiger partial charge is 0.382 e. The molecule has 116 valence electrons. The first-order valence-electron chi connectivity index (χ1n) is 7.66. The Hall–Kier alpha value is -2.88. The summed E-state index contributed by atoms with van der Waals surface area (Å²) in [5, 5.41) is 3.40. The number of para-hydroxylation sites is 2. The topological polar surface area (TPSA) is 46.9 Å². The summed E-state index contributed by atoms with van der Waals surface area (Å²) >= 11 is 0. The monoisotopic (exact) mass is 305 g/mol. The van der Waals surface area contributed by atoms with Crippen molar-refractivity contribution in [3.63, 3.8) is 0 Å². The van der Waals surface area contributed by atoms with E-state index in [4.69, 9.17) is 0 Å². The van der Waals surface area contributed by atoms with Crippen LogP contribution in [0.3, 0.4) is 0 Å². The molecule has 0 radical (unpaired) electrons. The Labute approximate surface area is 135 Å². The summed E-state index contributed by atoms with van der Waals surface area (Å²) < 4.78 is 1.74. The van der Waals surface area contributed by atoms with Crippen LogP contribution in [-0.4, -0.2) is 21.9 Å². The number of rotatable bonds is 2. The summed E-state index contributed by atoms with van der Waals surface area (Å²) in [6.07, 6.45) is 5.29. The molecule has 1 N–H and O–H groups in total. The van der Waals surface area contributed by atoms with Gasteiger partial charge in [0.2, 0.25) is 0 Å². The first-order valence-corrected chi connectivity index (χ1v) is 7.66. The number of imidazole rings is 1. The summed E-state index contributed by atoms with van der Waals surface area (Å²) in [6, 6.07) is 18.7. The van der Waals surface area contributed by atoms with E-state index in [1.165, 1.54) is 17.7 Å². The highest BCUT2D eigenvalue weighted by Gasteiger charge is 2.14. The minimum atomic E-state index is 0.422. The zero-order valence-corrected chi connectivity index (χ0v) is 13.0. The summed E-state index contributed by atoms with van der Waals surface area (Å²) in [6.45, 7) is 2.21. The van der Waals surface area contributed by atoms with E-state index in [0.29, 0.717) is 11.9 Å². The summed E-state index contributed by atoms with van der Waals surface area (Å²) in [5.41, 5.74) is 3.71. The van der Waals surface area contributed by atoms with E-state index in [-0.39, 0.29) is 0 Å². The number of hydrogen-bond acceptors (Lipinski definition) is 3. The van der Waals surface area contributed by atoms with Crippen LogP contribution in [0.4, 0.5) is 5.69 Å². The third kappa shape index (κ3) is 3.48. The van der Waals surface area contributed by atoms with Crippen LogP contribution in [0.25, 0.3) is 5.69 Å². The van der Waals surface area contributed by atoms with E-state index in [2.05, 4.69) is 41.5 Å². The number of carbonyl (C=O) groups excluding carboxylic acids is 1. The molecule has 23 heavy (non-hydrogen) atoms. The molecule has 0 saturated heterocycles. The molecule has 1 aliphatic heterocycles. The number of carbonyl (C=O) groups is 1. The number of aldehydes is 1. The lowest BCUT2D eigenvalue weighted by Crippen LogP contribution is -2.08. The second kappa shape index (κ2) is 6.92. The van der Waals surface area contributed by atoms with Gasteiger partial charge >= 0.3 is 0 Å². The molecule has 4 heteroatoms. The van der Waals surface area contributed by atoms with Crippen molar-refractivity contribution in [1.29, 1.82) is 0 Å². The maximum atomic E-state index is 10.6. The maximum Gasteiger partial charge on any atom is 0.185 e. The Balaban J connectivity index is 0.000000140. The van der Waals surface area contributed by atoms with Crippen LogP contribution in [0.5, 0.6) is 0 Å². The lowest BCUT2D eigenvalue weighted by Gasteiger charge is -2.01. The normalized spacial score (nSPS) is 15.1. The summed E-state index contributed by atoms with van der Waals surface area (Å²) in [5.74, 6) is 0.422. The molecular weight excluding hydrogens is 286 g/mol. The highest BCUT2D eigenvalue weighted by atomic mass is 16.1. The molecule has 0 aliphatic carbocycles. The number of benzene rings is 2. The SMILES string of the molecule is CC1Cc2ccccc2N1.O=Cc1nccn1-c1ccccc1. The Morgan fingerprint density at radius 3 is 2.61 bits per heavy atom. The highest BCUT2D eigenvalue weighted by molar-refractivity contribution is 5.70. The number of aromatic nitrogens is 2. The van der Waals surface area contributed by atoms with Crippen molar-refractivity contribution in [2.75, 3.05) is 5.32 Å². The standard InChI is InChI=1S/C10H8N2O.C9H11N/c13-8-10-11-6-7-12(10)9-4-2-1-3-5-9;1-7-6-8-4-2-3-5-9(8)10-7/h1-8H;2-5,7,10H,6H2,1H3. The molecule has 4 nitrogen and oxygen atoms in total. The van der Waals surface area contributed by atoms with E-state index < -0.39 is 0 Å². The molecule has 1 aliphatic rings. The van der Waals surface area contributed by atoms with Crippen LogP contribution in [0.2, 0.25) is 0 Å². The lowest BCUT2D eigenvalue weighted by molar-refractivity contribution is 0.111. The Morgan fingerprint density at radius 2 is 1.87 bits per heavy atom. The van der Waals surface area contributed by atoms with Crippen molar-refractivity contribution in [3.8, 4) is 5.69 Å². The number of hydrogen-bond donors (Lipinski definition) is 1. The van der Waals surface area contributed by atoms with Crippen molar-refractivity contribution < 1.29 is 4.79 Å². The number of nitrogens with zero attached hydrogens (tertiary/aromatic N) is 2. The molecule has 4 rings (SSSR count). The molecule has 0 saturated carbocycles. The highest BCUT2D eigenvalue weighted by Crippen LogP contribution is 2.24. The Bertz CT molecular complexity index is 755. The number of fused-ring (bicyclic) bond motifs is 1. The average Bonchev–Trinajstić information content (AvgIpc) is 3.21. The zero-order valence-electron chi connectivity index (χ0n) is 13.0. The molecule has 1 aromatic heterocycles. The van der Waals surface area contributed by atoms with Gasteiger partial charge in [0.1, 0.15) is 0 Å². The van der Waals surface area contributed by atoms with Gasteiger partial charge in [-0.1, -0.05) is 36.4 Å². The predicted octanol–water partition coefficient (Wildman–Crippen LogP) is 3.73. The van der Waals surface area contributed by atoms with E-state index >= 15 is 0 Å². The molecule has 2 aromatic carbocycles. The molecule has 3 aromatic rings. The van der Waals surface area contributed by atoms with Gasteiger partial charge in [0.25, 0.3) is 0 Å². The minimum Gasteiger partial charge on any atom is -0.382 e. The second-order valence-electron chi connectivity index (χ2n) is 5.52. The molecule has 0 spiro atoms. The zero-order chi connectivity index (χ0) is 16.1. The molecule has 0 amide bonds. The fourth-order valence-electron chi connectivity index (χ4n) is 2.69. The Morgan fingerprint density at radius 1 is 1.13 bits per heavy atom. The van der Waals surface area contributed by atoms with Crippen LogP contribution >= 0.6 is 0 Å². The van der Waals surface area contributed by atoms with Crippen molar-refractivity contribution in [1.82, 2.24) is 9.55 Å². The van der Waals surface area contributed by atoms with Crippen molar-refractivity contribution in [2.45, 2.75) is 19.4 Å². The first-order chi connectivity index (χ1) is 11.3. The van der Waals surface area contributed by atoms with E-state index in [0.717, 1.165) is 12.0 Å². The van der Waals surface area contributed by atoms with Crippen LogP contribution in [0.15, 0.2) is 67.0 Å². The van der Waals surface area contributed by atoms with Gasteiger partial charge < -0.3 is 5.32 Å². The lowest BCUT2D eigenvalue weighted by atomic mass is 10.1. The van der Waals surface area contributed by atoms with Gasteiger partial charge in [-0.3, -0.25) is 9.36 Å². The van der Waals surface area contributed by atoms with Crippen LogP contribution < -0.4 is 5.32 Å². The number of nitrogens with one attached hydrogen (secondary N) is 1. The third-order valence-electron chi connectivity index (χ3n) is 3.75. The Kier molecular flexibility index (Phi) is 4.52. The van der Waals surface area contributed by atoms with Gasteiger partial charge in [0, 0.05) is 29.8 Å². The van der Waals surface area contributed by atoms with Crippen molar-refractivity contribution in [3.05, 3.63) is 78.4 Å². The van der Waals surface area contributed by atoms with Gasteiger partial charge in [-0.25, -0.2) is 4.98 Å². The smallest absolute Gasteiger partial charge is 0.185 e. The molecule has 0 bridgehead atoms. The fraction of sp³-hybridized carbons (Fsp3) is 0.158. The molecule has 1 atom stereocenters. The van der Waals surface area contributed by atoms with Crippen molar-refractivity contribution in [2.24, 2.45) is 0 Å². The van der Waals surface area contributed by atoms with Crippen LogP contribution in [-0.2, 0) is 6.42 Å². The number of anilines is 1. The van der Waals surface area contributed by atoms with E-state index in [1.807, 2.05) is 30.3 Å². The van der Waals surface area contributed by atoms with Crippen LogP contribution in [0.1, 0.15) is 23.1 Å². The van der Waals surface area contributed by atoms with Gasteiger partial charge in [0.05, 0.1) is 0 Å². The fourth-order valence-corrected chi connectivity index (χ4v) is 2.69. The summed E-state index contributed by atoms with van der Waals surface area (Å²) in [4.78, 5) is 14.5. The van der Waals surface area contributed by atoms with Gasteiger partial charge in [-0.05, 0) is 37.1 Å². The molecule has 2 heterocycles. The predicted molar refractivity (Wildman–Crippen MR) is 92.2 cm³/mol. The van der Waals surface area contributed by atoms with Gasteiger partial charge in [0.15, 0.2) is 12.1 Å². The average molecular weight is 305 g/mol. The van der Waals surface area contributed by atoms with Gasteiger partial charge in [-0.2, -0.15) is 0 Å². The third-order valence-corrected chi connectivity index (χ3v) is 3.75. The molecular formula is C19H19N3O.